The molecule has 0 radical (unpaired) electrons. The number of hydrogen-bond donors (Lipinski definition) is 0. The van der Waals surface area contributed by atoms with Gasteiger partial charge in [0.2, 0.25) is 0 Å². The van der Waals surface area contributed by atoms with Crippen molar-refractivity contribution in [2.75, 3.05) is 0 Å². The molecule has 2 aromatic heterocycles. The van der Waals surface area contributed by atoms with Gasteiger partial charge in [0.15, 0.2) is 0 Å². The van der Waals surface area contributed by atoms with E-state index in [0.717, 1.165) is 38.4 Å². The number of benzene rings is 5. The molecule has 7 aromatic rings. The first kappa shape index (κ1) is 19.5. The zero-order chi connectivity index (χ0) is 23.5. The number of nitriles is 1. The second-order valence-corrected chi connectivity index (χ2v) is 8.69. The minimum Gasteiger partial charge on any atom is -0.268 e. The van der Waals surface area contributed by atoms with Gasteiger partial charge in [-0.05, 0) is 58.0 Å². The number of pyridine rings is 1. The van der Waals surface area contributed by atoms with Gasteiger partial charge in [0.1, 0.15) is 5.65 Å². The molecule has 0 unspecified atom stereocenters. The van der Waals surface area contributed by atoms with Crippen molar-refractivity contribution in [3.63, 3.8) is 0 Å². The highest BCUT2D eigenvalue weighted by Gasteiger charge is 2.20. The van der Waals surface area contributed by atoms with Crippen molar-refractivity contribution in [1.82, 2.24) is 9.38 Å². The van der Waals surface area contributed by atoms with Gasteiger partial charge in [0, 0.05) is 16.2 Å². The molecule has 4 heteroatoms. The zero-order valence-electron chi connectivity index (χ0n) is 18.6. The first-order valence-electron chi connectivity index (χ1n) is 11.4. The summed E-state index contributed by atoms with van der Waals surface area (Å²) in [6, 6.07) is 36.2. The summed E-state index contributed by atoms with van der Waals surface area (Å²) < 4.78 is 1.68. The molecule has 2 heterocycles. The second kappa shape index (κ2) is 7.24. The van der Waals surface area contributed by atoms with Gasteiger partial charge >= 0.3 is 0 Å². The summed E-state index contributed by atoms with van der Waals surface area (Å²) in [5.74, 6) is 0. The van der Waals surface area contributed by atoms with Crippen molar-refractivity contribution in [2.45, 2.75) is 0 Å². The second-order valence-electron chi connectivity index (χ2n) is 8.69. The predicted octanol–water partition coefficient (Wildman–Crippen LogP) is 6.80. The van der Waals surface area contributed by atoms with Crippen molar-refractivity contribution in [2.24, 2.45) is 0 Å². The van der Waals surface area contributed by atoms with E-state index in [4.69, 9.17) is 4.98 Å². The fourth-order valence-corrected chi connectivity index (χ4v) is 5.23. The van der Waals surface area contributed by atoms with E-state index in [1.165, 1.54) is 0 Å². The molecular weight excluding hydrogens is 430 g/mol. The van der Waals surface area contributed by atoms with Crippen LogP contribution in [0.4, 0.5) is 0 Å². The van der Waals surface area contributed by atoms with Gasteiger partial charge in [0.25, 0.3) is 5.56 Å². The maximum atomic E-state index is 13.9. The summed E-state index contributed by atoms with van der Waals surface area (Å²) >= 11 is 0. The molecule has 0 spiro atoms. The Hall–Kier alpha value is -5.01. The summed E-state index contributed by atoms with van der Waals surface area (Å²) in [5, 5.41) is 12.9. The minimum atomic E-state index is -0.102. The van der Waals surface area contributed by atoms with E-state index in [1.807, 2.05) is 42.5 Å². The number of imidazole rings is 1. The van der Waals surface area contributed by atoms with Gasteiger partial charge in [-0.25, -0.2) is 4.98 Å². The summed E-state index contributed by atoms with van der Waals surface area (Å²) in [6.45, 7) is 0. The Morgan fingerprint density at radius 1 is 0.686 bits per heavy atom. The molecule has 0 fully saturated rings. The molecule has 35 heavy (non-hydrogen) atoms. The van der Waals surface area contributed by atoms with Crippen LogP contribution in [0.25, 0.3) is 60.5 Å². The molecule has 0 aliphatic heterocycles. The summed E-state index contributed by atoms with van der Waals surface area (Å²) in [5.41, 5.74) is 6.73. The molecule has 0 saturated carbocycles. The highest BCUT2D eigenvalue weighted by atomic mass is 16.1. The van der Waals surface area contributed by atoms with E-state index in [9.17, 15) is 10.1 Å². The summed E-state index contributed by atoms with van der Waals surface area (Å²) in [4.78, 5) is 18.7. The molecule has 0 aliphatic carbocycles. The van der Waals surface area contributed by atoms with E-state index in [1.54, 1.807) is 22.6 Å². The quantitative estimate of drug-likeness (QED) is 0.293. The van der Waals surface area contributed by atoms with Gasteiger partial charge in [0.05, 0.1) is 22.7 Å². The molecule has 0 saturated heterocycles. The number of nitrogens with zero attached hydrogens (tertiary/aromatic N) is 3. The number of rotatable bonds is 2. The Bertz CT molecular complexity index is 1970. The van der Waals surface area contributed by atoms with Gasteiger partial charge in [-0.2, -0.15) is 5.26 Å². The van der Waals surface area contributed by atoms with Gasteiger partial charge in [-0.1, -0.05) is 72.8 Å². The Labute approximate surface area is 200 Å². The lowest BCUT2D eigenvalue weighted by Gasteiger charge is -2.16. The highest BCUT2D eigenvalue weighted by Crippen LogP contribution is 2.41. The van der Waals surface area contributed by atoms with Crippen LogP contribution >= 0.6 is 0 Å². The van der Waals surface area contributed by atoms with Crippen LogP contribution in [0.1, 0.15) is 5.56 Å². The van der Waals surface area contributed by atoms with Crippen molar-refractivity contribution in [3.05, 3.63) is 119 Å². The van der Waals surface area contributed by atoms with Crippen molar-refractivity contribution in [3.8, 4) is 28.3 Å². The lowest BCUT2D eigenvalue weighted by molar-refractivity contribution is 1.19. The predicted molar refractivity (Wildman–Crippen MR) is 141 cm³/mol. The maximum absolute atomic E-state index is 13.9. The average molecular weight is 447 g/mol. The molecule has 0 N–H and O–H groups in total. The van der Waals surface area contributed by atoms with Crippen LogP contribution in [-0.2, 0) is 0 Å². The first-order chi connectivity index (χ1) is 17.2. The fourth-order valence-electron chi connectivity index (χ4n) is 5.23. The topological polar surface area (TPSA) is 58.2 Å². The zero-order valence-corrected chi connectivity index (χ0v) is 18.6. The smallest absolute Gasteiger partial charge is 0.264 e. The number of hydrogen-bond acceptors (Lipinski definition) is 3. The van der Waals surface area contributed by atoms with Crippen molar-refractivity contribution < 1.29 is 0 Å². The molecule has 7 rings (SSSR count). The molecule has 162 valence electrons. The molecule has 0 atom stereocenters. The number of aromatic nitrogens is 2. The van der Waals surface area contributed by atoms with Gasteiger partial charge in [-0.15, -0.1) is 0 Å². The molecule has 0 bridgehead atoms. The maximum Gasteiger partial charge on any atom is 0.264 e. The van der Waals surface area contributed by atoms with Crippen LogP contribution in [0, 0.1) is 11.3 Å². The Morgan fingerprint density at radius 2 is 1.31 bits per heavy atom. The van der Waals surface area contributed by atoms with Crippen LogP contribution in [0.15, 0.2) is 108 Å². The lowest BCUT2D eigenvalue weighted by Crippen LogP contribution is -2.13. The Morgan fingerprint density at radius 3 is 1.94 bits per heavy atom. The summed E-state index contributed by atoms with van der Waals surface area (Å²) in [7, 11) is 0. The first-order valence-corrected chi connectivity index (χ1v) is 11.4. The standard InChI is InChI=1S/C31H17N3O/c32-18-19-11-16-27-26(17-19)33-30-24-14-12-22(20-7-3-1-4-8-20)28-23(21-9-5-2-6-10-21)13-15-25(29(24)28)31(35)34(27)30/h1-17H. The lowest BCUT2D eigenvalue weighted by atomic mass is 9.88. The van der Waals surface area contributed by atoms with Crippen molar-refractivity contribution >= 4 is 38.2 Å². The minimum absolute atomic E-state index is 0.102. The molecule has 0 amide bonds. The van der Waals surface area contributed by atoms with E-state index >= 15 is 0 Å². The SMILES string of the molecule is N#Cc1ccc2c(c1)nc1c3ccc(-c4ccccc4)c4c(-c5ccccc5)ccc(c(=O)n21)c43. The molecule has 5 aromatic carbocycles. The van der Waals surface area contributed by atoms with E-state index in [-0.39, 0.29) is 5.56 Å². The third-order valence-corrected chi connectivity index (χ3v) is 6.79. The van der Waals surface area contributed by atoms with E-state index < -0.39 is 0 Å². The number of fused-ring (bicyclic) bond motifs is 4. The van der Waals surface area contributed by atoms with Gasteiger partial charge < -0.3 is 0 Å². The van der Waals surface area contributed by atoms with Crippen LogP contribution in [0.3, 0.4) is 0 Å². The van der Waals surface area contributed by atoms with Crippen LogP contribution < -0.4 is 5.56 Å². The van der Waals surface area contributed by atoms with Crippen molar-refractivity contribution in [1.29, 1.82) is 5.26 Å². The third kappa shape index (κ3) is 2.73. The average Bonchev–Trinajstić information content (AvgIpc) is 3.31. The van der Waals surface area contributed by atoms with Crippen LogP contribution in [0.2, 0.25) is 0 Å². The monoisotopic (exact) mass is 447 g/mol. The van der Waals surface area contributed by atoms with Gasteiger partial charge in [-0.3, -0.25) is 9.20 Å². The normalized spacial score (nSPS) is 11.5. The van der Waals surface area contributed by atoms with E-state index in [2.05, 4.69) is 48.5 Å². The van der Waals surface area contributed by atoms with Crippen LogP contribution in [0.5, 0.6) is 0 Å². The Kier molecular flexibility index (Phi) is 4.03. The Balaban J connectivity index is 1.72. The molecule has 4 nitrogen and oxygen atoms in total. The van der Waals surface area contributed by atoms with E-state index in [0.29, 0.717) is 27.6 Å². The largest absolute Gasteiger partial charge is 0.268 e. The molecule has 0 aliphatic rings. The fraction of sp³-hybridized carbons (Fsp3) is 0. The summed E-state index contributed by atoms with van der Waals surface area (Å²) in [6.07, 6.45) is 0. The third-order valence-electron chi connectivity index (χ3n) is 6.79. The highest BCUT2D eigenvalue weighted by molar-refractivity contribution is 6.23. The van der Waals surface area contributed by atoms with Crippen LogP contribution in [-0.4, -0.2) is 9.38 Å². The molecular formula is C31H17N3O.